The van der Waals surface area contributed by atoms with Gasteiger partial charge in [-0.2, -0.15) is 0 Å². The minimum absolute atomic E-state index is 0.221. The van der Waals surface area contributed by atoms with Gasteiger partial charge >= 0.3 is 11.9 Å². The van der Waals surface area contributed by atoms with Crippen LogP contribution in [0.1, 0.15) is 13.8 Å². The third-order valence-electron chi connectivity index (χ3n) is 3.40. The van der Waals surface area contributed by atoms with Gasteiger partial charge in [0.1, 0.15) is 5.03 Å². The topological polar surface area (TPSA) is 65.5 Å². The maximum Gasteiger partial charge on any atom is 0.308 e. The van der Waals surface area contributed by atoms with Crippen LogP contribution in [0, 0.1) is 0 Å². The zero-order chi connectivity index (χ0) is 18.0. The molecule has 0 bridgehead atoms. The first kappa shape index (κ1) is 17.4. The number of carbonyl (C=O) groups excluding carboxylic acids is 2. The first-order valence-corrected chi connectivity index (χ1v) is 9.51. The molecule has 3 aromatic rings. The zero-order valence-corrected chi connectivity index (χ0v) is 15.5. The summed E-state index contributed by atoms with van der Waals surface area (Å²) in [5.74, 6) is -0.506. The first-order valence-electron chi connectivity index (χ1n) is 7.41. The third kappa shape index (κ3) is 3.67. The molecule has 128 valence electrons. The Kier molecular flexibility index (Phi) is 5.06. The highest BCUT2D eigenvalue weighted by Crippen LogP contribution is 2.41. The summed E-state index contributed by atoms with van der Waals surface area (Å²) in [7, 11) is 0. The molecule has 0 saturated carbocycles. The summed E-state index contributed by atoms with van der Waals surface area (Å²) in [5.41, 5.74) is 0.880. The van der Waals surface area contributed by atoms with Gasteiger partial charge in [-0.3, -0.25) is 9.59 Å². The fourth-order valence-corrected chi connectivity index (χ4v) is 4.13. The molecule has 0 unspecified atom stereocenters. The number of carbonyl (C=O) groups is 2. The second-order valence-corrected chi connectivity index (χ2v) is 6.87. The van der Waals surface area contributed by atoms with Crippen molar-refractivity contribution in [2.75, 3.05) is 6.26 Å². The highest BCUT2D eigenvalue weighted by molar-refractivity contribution is 7.98. The predicted molar refractivity (Wildman–Crippen MR) is 99.5 cm³/mol. The monoisotopic (exact) mass is 373 g/mol. The molecule has 2 heterocycles. The number of pyridine rings is 1. The number of rotatable bonds is 4. The molecule has 7 heteroatoms. The summed E-state index contributed by atoms with van der Waals surface area (Å²) < 4.78 is 10.3. The SMILES string of the molecule is CSc1nccc2c(-c3ccc(OC(C)=O)c(OC(C)=O)c3)scc12. The molecule has 25 heavy (non-hydrogen) atoms. The number of fused-ring (bicyclic) bond motifs is 1. The van der Waals surface area contributed by atoms with Gasteiger partial charge in [0, 0.05) is 41.1 Å². The van der Waals surface area contributed by atoms with Crippen molar-refractivity contribution in [3.05, 3.63) is 35.8 Å². The fraction of sp³-hybridized carbons (Fsp3) is 0.167. The lowest BCUT2D eigenvalue weighted by Gasteiger charge is -2.10. The van der Waals surface area contributed by atoms with Crippen LogP contribution in [0.3, 0.4) is 0 Å². The van der Waals surface area contributed by atoms with E-state index in [9.17, 15) is 9.59 Å². The van der Waals surface area contributed by atoms with E-state index in [0.29, 0.717) is 0 Å². The lowest BCUT2D eigenvalue weighted by atomic mass is 10.1. The van der Waals surface area contributed by atoms with E-state index in [1.807, 2.05) is 18.4 Å². The summed E-state index contributed by atoms with van der Waals surface area (Å²) in [6.07, 6.45) is 3.77. The van der Waals surface area contributed by atoms with Crippen molar-refractivity contribution >= 4 is 45.8 Å². The molecule has 0 aliphatic rings. The van der Waals surface area contributed by atoms with Gasteiger partial charge in [-0.1, -0.05) is 0 Å². The van der Waals surface area contributed by atoms with Gasteiger partial charge in [0.05, 0.1) is 0 Å². The molecular formula is C18H15NO4S2. The number of thioether (sulfide) groups is 1. The van der Waals surface area contributed by atoms with Gasteiger partial charge < -0.3 is 9.47 Å². The minimum Gasteiger partial charge on any atom is -0.423 e. The molecule has 0 atom stereocenters. The number of benzene rings is 1. The normalized spacial score (nSPS) is 10.7. The molecule has 0 spiro atoms. The molecule has 3 rings (SSSR count). The second-order valence-electron chi connectivity index (χ2n) is 5.20. The Morgan fingerprint density at radius 1 is 1.04 bits per heavy atom. The van der Waals surface area contributed by atoms with Gasteiger partial charge in [0.2, 0.25) is 0 Å². The highest BCUT2D eigenvalue weighted by atomic mass is 32.2. The lowest BCUT2D eigenvalue weighted by Crippen LogP contribution is -2.07. The summed E-state index contributed by atoms with van der Waals surface area (Å²) in [6, 6.07) is 7.16. The fourth-order valence-electron chi connectivity index (χ4n) is 2.46. The molecule has 0 amide bonds. The van der Waals surface area contributed by atoms with Crippen LogP contribution < -0.4 is 9.47 Å². The summed E-state index contributed by atoms with van der Waals surface area (Å²) in [6.45, 7) is 2.61. The Bertz CT molecular complexity index is 965. The van der Waals surface area contributed by atoms with Crippen LogP contribution in [0.5, 0.6) is 11.5 Å². The molecule has 5 nitrogen and oxygen atoms in total. The maximum atomic E-state index is 11.4. The van der Waals surface area contributed by atoms with E-state index in [0.717, 1.165) is 26.2 Å². The standard InChI is InChI=1S/C18H15NO4S2/c1-10(20)22-15-5-4-12(8-16(15)23-11(2)21)17-13-6-7-19-18(24-3)14(13)9-25-17/h4-9H,1-3H3. The van der Waals surface area contributed by atoms with Gasteiger partial charge in [-0.05, 0) is 36.1 Å². The maximum absolute atomic E-state index is 11.4. The summed E-state index contributed by atoms with van der Waals surface area (Å²) >= 11 is 3.19. The van der Waals surface area contributed by atoms with Crippen molar-refractivity contribution < 1.29 is 19.1 Å². The number of hydrogen-bond acceptors (Lipinski definition) is 7. The number of hydrogen-bond donors (Lipinski definition) is 0. The van der Waals surface area contributed by atoms with Gasteiger partial charge in [-0.25, -0.2) is 4.98 Å². The van der Waals surface area contributed by atoms with Gasteiger partial charge in [-0.15, -0.1) is 23.1 Å². The van der Waals surface area contributed by atoms with Crippen LogP contribution in [0.25, 0.3) is 21.2 Å². The van der Waals surface area contributed by atoms with E-state index in [1.165, 1.54) is 13.8 Å². The molecule has 0 N–H and O–H groups in total. The molecule has 0 fully saturated rings. The summed E-state index contributed by atoms with van der Waals surface area (Å²) in [5, 5.41) is 5.21. The highest BCUT2D eigenvalue weighted by Gasteiger charge is 2.15. The largest absolute Gasteiger partial charge is 0.423 e. The number of ether oxygens (including phenoxy) is 2. The van der Waals surface area contributed by atoms with E-state index in [4.69, 9.17) is 9.47 Å². The van der Waals surface area contributed by atoms with Crippen LogP contribution in [0.2, 0.25) is 0 Å². The van der Waals surface area contributed by atoms with E-state index < -0.39 is 11.9 Å². The van der Waals surface area contributed by atoms with Crippen molar-refractivity contribution in [1.82, 2.24) is 4.98 Å². The van der Waals surface area contributed by atoms with E-state index in [1.54, 1.807) is 41.4 Å². The van der Waals surface area contributed by atoms with E-state index in [2.05, 4.69) is 10.4 Å². The number of esters is 2. The Balaban J connectivity index is 2.11. The van der Waals surface area contributed by atoms with Gasteiger partial charge in [0.15, 0.2) is 11.5 Å². The Morgan fingerprint density at radius 3 is 2.44 bits per heavy atom. The third-order valence-corrected chi connectivity index (χ3v) is 5.16. The van der Waals surface area contributed by atoms with Crippen LogP contribution >= 0.6 is 23.1 Å². The molecule has 2 aromatic heterocycles. The Labute approximate surface area is 153 Å². The first-order chi connectivity index (χ1) is 12.0. The summed E-state index contributed by atoms with van der Waals surface area (Å²) in [4.78, 5) is 28.0. The van der Waals surface area contributed by atoms with Crippen molar-refractivity contribution in [2.24, 2.45) is 0 Å². The van der Waals surface area contributed by atoms with Crippen LogP contribution in [-0.2, 0) is 9.59 Å². The molecule has 0 aliphatic carbocycles. The molecule has 0 aliphatic heterocycles. The van der Waals surface area contributed by atoms with Crippen molar-refractivity contribution in [1.29, 1.82) is 0 Å². The van der Waals surface area contributed by atoms with Crippen LogP contribution in [-0.4, -0.2) is 23.2 Å². The van der Waals surface area contributed by atoms with E-state index in [-0.39, 0.29) is 11.5 Å². The molecule has 1 aromatic carbocycles. The van der Waals surface area contributed by atoms with Crippen LogP contribution in [0.15, 0.2) is 40.9 Å². The average molecular weight is 373 g/mol. The minimum atomic E-state index is -0.476. The number of nitrogens with zero attached hydrogens (tertiary/aromatic N) is 1. The Morgan fingerprint density at radius 2 is 1.76 bits per heavy atom. The average Bonchev–Trinajstić information content (AvgIpc) is 2.99. The Hall–Kier alpha value is -2.38. The number of aromatic nitrogens is 1. The van der Waals surface area contributed by atoms with E-state index >= 15 is 0 Å². The van der Waals surface area contributed by atoms with Crippen molar-refractivity contribution in [3.8, 4) is 21.9 Å². The lowest BCUT2D eigenvalue weighted by molar-refractivity contribution is -0.134. The molecule has 0 radical (unpaired) electrons. The quantitative estimate of drug-likeness (QED) is 0.380. The van der Waals surface area contributed by atoms with Gasteiger partial charge in [0.25, 0.3) is 0 Å². The van der Waals surface area contributed by atoms with Crippen molar-refractivity contribution in [2.45, 2.75) is 18.9 Å². The van der Waals surface area contributed by atoms with Crippen LogP contribution in [0.4, 0.5) is 0 Å². The predicted octanol–water partition coefficient (Wildman–Crippen LogP) is 4.54. The second kappa shape index (κ2) is 7.25. The van der Waals surface area contributed by atoms with Crippen molar-refractivity contribution in [3.63, 3.8) is 0 Å². The molecular weight excluding hydrogens is 358 g/mol. The number of thiophene rings is 1. The molecule has 0 saturated heterocycles. The zero-order valence-electron chi connectivity index (χ0n) is 13.9. The smallest absolute Gasteiger partial charge is 0.308 e.